The number of thioether (sulfide) groups is 1. The highest BCUT2D eigenvalue weighted by Crippen LogP contribution is 2.41. The van der Waals surface area contributed by atoms with E-state index in [2.05, 4.69) is 37.3 Å². The molecule has 0 aliphatic carbocycles. The average Bonchev–Trinajstić information content (AvgIpc) is 3.61. The standard InChI is InChI=1S/C20H21N9O2S/c1-4-22-8-13-10(1)16(30-28-13)18-25-19(17-11-7-21-5-2-12(11)27-31-17)29(26-18)20-24-14-9-23-6-3-15(14)32-20/h3,6,14,20-22,24H,1-2,4-5,7-9H2. The molecule has 11 nitrogen and oxygen atoms in total. The molecule has 3 N–H and O–H groups in total. The second kappa shape index (κ2) is 7.37. The fraction of sp³-hybridized carbons (Fsp3) is 0.450. The number of allylic oxidation sites excluding steroid dienone is 1. The number of aliphatic imine (C=N–C) groups is 1. The molecular weight excluding hydrogens is 430 g/mol. The molecule has 2 atom stereocenters. The summed E-state index contributed by atoms with van der Waals surface area (Å²) < 4.78 is 13.4. The summed E-state index contributed by atoms with van der Waals surface area (Å²) in [4.78, 5) is 10.5. The van der Waals surface area contributed by atoms with Gasteiger partial charge in [-0.1, -0.05) is 22.1 Å². The number of hydrogen-bond donors (Lipinski definition) is 3. The van der Waals surface area contributed by atoms with Crippen molar-refractivity contribution in [2.45, 2.75) is 37.5 Å². The maximum absolute atomic E-state index is 5.82. The van der Waals surface area contributed by atoms with Gasteiger partial charge in [0.25, 0.3) is 0 Å². The van der Waals surface area contributed by atoms with Crippen molar-refractivity contribution in [3.63, 3.8) is 0 Å². The molecule has 7 heterocycles. The van der Waals surface area contributed by atoms with Crippen LogP contribution in [0.3, 0.4) is 0 Å². The lowest BCUT2D eigenvalue weighted by molar-refractivity contribution is 0.412. The quantitative estimate of drug-likeness (QED) is 0.530. The molecule has 12 heteroatoms. The smallest absolute Gasteiger partial charge is 0.220 e. The highest BCUT2D eigenvalue weighted by Gasteiger charge is 2.36. The van der Waals surface area contributed by atoms with Crippen LogP contribution < -0.4 is 16.0 Å². The molecule has 3 aromatic heterocycles. The van der Waals surface area contributed by atoms with Gasteiger partial charge >= 0.3 is 0 Å². The maximum atomic E-state index is 5.82. The van der Waals surface area contributed by atoms with Crippen molar-refractivity contribution in [3.8, 4) is 23.2 Å². The first-order chi connectivity index (χ1) is 15.8. The van der Waals surface area contributed by atoms with Gasteiger partial charge in [-0.25, -0.2) is 9.67 Å². The molecule has 164 valence electrons. The largest absolute Gasteiger partial charge is 0.352 e. The SMILES string of the molecule is C1=NCC2NC(n3nc(-c4onc5c4CCNC5)nc3-c3onc4c3CNCC4)SC2=C1. The highest BCUT2D eigenvalue weighted by atomic mass is 32.2. The molecule has 0 bridgehead atoms. The molecule has 2 unspecified atom stereocenters. The molecule has 32 heavy (non-hydrogen) atoms. The van der Waals surface area contributed by atoms with Crippen molar-refractivity contribution >= 4 is 18.0 Å². The van der Waals surface area contributed by atoms with Gasteiger partial charge in [-0.3, -0.25) is 10.3 Å². The molecule has 1 fully saturated rings. The summed E-state index contributed by atoms with van der Waals surface area (Å²) in [6.07, 6.45) is 5.60. The third-order valence-corrected chi connectivity index (χ3v) is 7.50. The Kier molecular flexibility index (Phi) is 4.32. The topological polar surface area (TPSA) is 131 Å². The summed E-state index contributed by atoms with van der Waals surface area (Å²) in [5, 5.41) is 23.8. The van der Waals surface area contributed by atoms with Gasteiger partial charge in [-0.2, -0.15) is 0 Å². The van der Waals surface area contributed by atoms with E-state index in [-0.39, 0.29) is 11.5 Å². The number of aromatic nitrogens is 5. The van der Waals surface area contributed by atoms with Gasteiger partial charge in [-0.15, -0.1) is 5.10 Å². The van der Waals surface area contributed by atoms with E-state index < -0.39 is 0 Å². The number of rotatable bonds is 3. The Balaban J connectivity index is 1.35. The predicted molar refractivity (Wildman–Crippen MR) is 117 cm³/mol. The molecule has 0 spiro atoms. The minimum absolute atomic E-state index is 0.137. The van der Waals surface area contributed by atoms with E-state index in [1.807, 2.05) is 10.9 Å². The zero-order chi connectivity index (χ0) is 21.1. The van der Waals surface area contributed by atoms with E-state index in [9.17, 15) is 0 Å². The van der Waals surface area contributed by atoms with Crippen LogP contribution >= 0.6 is 11.8 Å². The Morgan fingerprint density at radius 2 is 1.88 bits per heavy atom. The van der Waals surface area contributed by atoms with Crippen LogP contribution in [0.25, 0.3) is 23.2 Å². The Labute approximate surface area is 187 Å². The summed E-state index contributed by atoms with van der Waals surface area (Å²) in [7, 11) is 0. The van der Waals surface area contributed by atoms with Crippen LogP contribution in [0, 0.1) is 0 Å². The summed E-state index contributed by atoms with van der Waals surface area (Å²) in [6.45, 7) is 3.89. The minimum Gasteiger partial charge on any atom is -0.352 e. The van der Waals surface area contributed by atoms with Crippen LogP contribution in [0.4, 0.5) is 0 Å². The van der Waals surface area contributed by atoms with Crippen LogP contribution in [0.15, 0.2) is 25.0 Å². The average molecular weight is 452 g/mol. The molecule has 7 rings (SSSR count). The van der Waals surface area contributed by atoms with Crippen LogP contribution in [0.2, 0.25) is 0 Å². The second-order valence-electron chi connectivity index (χ2n) is 8.20. The Bertz CT molecular complexity index is 1260. The van der Waals surface area contributed by atoms with E-state index in [0.717, 1.165) is 55.0 Å². The van der Waals surface area contributed by atoms with Crippen molar-refractivity contribution in [2.75, 3.05) is 19.6 Å². The van der Waals surface area contributed by atoms with Crippen LogP contribution in [-0.2, 0) is 25.9 Å². The molecule has 3 aromatic rings. The molecule has 0 radical (unpaired) electrons. The van der Waals surface area contributed by atoms with Crippen molar-refractivity contribution in [3.05, 3.63) is 33.5 Å². The molecule has 0 saturated carbocycles. The van der Waals surface area contributed by atoms with Gasteiger partial charge in [0, 0.05) is 48.3 Å². The molecule has 0 amide bonds. The van der Waals surface area contributed by atoms with E-state index >= 15 is 0 Å². The lowest BCUT2D eigenvalue weighted by Crippen LogP contribution is -2.32. The lowest BCUT2D eigenvalue weighted by Gasteiger charge is -2.15. The minimum atomic E-state index is -0.137. The first kappa shape index (κ1) is 18.7. The fourth-order valence-electron chi connectivity index (χ4n) is 4.60. The Morgan fingerprint density at radius 1 is 1.00 bits per heavy atom. The van der Waals surface area contributed by atoms with E-state index in [1.54, 1.807) is 11.8 Å². The molecule has 4 aliphatic rings. The number of nitrogens with one attached hydrogen (secondary N) is 3. The summed E-state index contributed by atoms with van der Waals surface area (Å²) >= 11 is 1.72. The van der Waals surface area contributed by atoms with Gasteiger partial charge in [0.2, 0.25) is 23.2 Å². The monoisotopic (exact) mass is 451 g/mol. The van der Waals surface area contributed by atoms with Crippen LogP contribution in [0.5, 0.6) is 0 Å². The maximum Gasteiger partial charge on any atom is 0.220 e. The van der Waals surface area contributed by atoms with Gasteiger partial charge in [0.1, 0.15) is 5.69 Å². The number of dihydropyridines is 1. The zero-order valence-electron chi connectivity index (χ0n) is 17.2. The fourth-order valence-corrected chi connectivity index (χ4v) is 5.78. The zero-order valence-corrected chi connectivity index (χ0v) is 18.0. The highest BCUT2D eigenvalue weighted by molar-refractivity contribution is 8.03. The van der Waals surface area contributed by atoms with Crippen molar-refractivity contribution < 1.29 is 9.05 Å². The van der Waals surface area contributed by atoms with E-state index in [4.69, 9.17) is 19.1 Å². The third-order valence-electron chi connectivity index (χ3n) is 6.25. The normalized spacial score (nSPS) is 24.2. The van der Waals surface area contributed by atoms with Crippen LogP contribution in [0.1, 0.15) is 28.0 Å². The van der Waals surface area contributed by atoms with Crippen molar-refractivity contribution in [1.82, 2.24) is 41.0 Å². The third kappa shape index (κ3) is 2.90. The van der Waals surface area contributed by atoms with E-state index in [1.165, 1.54) is 4.91 Å². The van der Waals surface area contributed by atoms with Crippen LogP contribution in [-0.4, -0.2) is 57.0 Å². The second-order valence-corrected chi connectivity index (χ2v) is 9.36. The number of fused-ring (bicyclic) bond motifs is 3. The first-order valence-corrected chi connectivity index (χ1v) is 11.7. The summed E-state index contributed by atoms with van der Waals surface area (Å²) in [5.74, 6) is 2.45. The predicted octanol–water partition coefficient (Wildman–Crippen LogP) is 1.01. The van der Waals surface area contributed by atoms with E-state index in [0.29, 0.717) is 36.3 Å². The van der Waals surface area contributed by atoms with Gasteiger partial charge in [0.15, 0.2) is 5.50 Å². The number of nitrogens with zero attached hydrogens (tertiary/aromatic N) is 6. The van der Waals surface area contributed by atoms with Gasteiger partial charge in [-0.05, 0) is 19.0 Å². The first-order valence-electron chi connectivity index (χ1n) is 10.8. The summed E-state index contributed by atoms with van der Waals surface area (Å²) in [5.41, 5.74) is 3.89. The number of hydrogen-bond acceptors (Lipinski definition) is 11. The molecule has 0 aromatic carbocycles. The molecule has 4 aliphatic heterocycles. The lowest BCUT2D eigenvalue weighted by atomic mass is 10.1. The van der Waals surface area contributed by atoms with Crippen molar-refractivity contribution in [1.29, 1.82) is 0 Å². The Morgan fingerprint density at radius 3 is 2.84 bits per heavy atom. The molecular formula is C20H21N9O2S. The molecule has 1 saturated heterocycles. The van der Waals surface area contributed by atoms with Gasteiger partial charge < -0.3 is 19.7 Å². The Hall–Kier alpha value is -2.80. The van der Waals surface area contributed by atoms with Gasteiger partial charge in [0.05, 0.1) is 18.3 Å². The summed E-state index contributed by atoms with van der Waals surface area (Å²) in [6, 6.07) is 0.185. The van der Waals surface area contributed by atoms with Crippen molar-refractivity contribution in [2.24, 2.45) is 4.99 Å².